The summed E-state index contributed by atoms with van der Waals surface area (Å²) in [6.45, 7) is 12.7. The summed E-state index contributed by atoms with van der Waals surface area (Å²) in [5.74, 6) is -0.788. The van der Waals surface area contributed by atoms with Crippen molar-refractivity contribution in [3.8, 4) is 0 Å². The summed E-state index contributed by atoms with van der Waals surface area (Å²) in [7, 11) is -4.15. The Kier molecular flexibility index (Phi) is 10.3. The third-order valence-electron chi connectivity index (χ3n) is 6.63. The number of anilines is 1. The summed E-state index contributed by atoms with van der Waals surface area (Å²) < 4.78 is 29.2. The van der Waals surface area contributed by atoms with Crippen molar-refractivity contribution in [2.24, 2.45) is 0 Å². The minimum absolute atomic E-state index is 0.0630. The van der Waals surface area contributed by atoms with Crippen LogP contribution in [-0.4, -0.2) is 43.3 Å². The monoisotopic (exact) mass is 597 g/mol. The van der Waals surface area contributed by atoms with E-state index in [9.17, 15) is 18.0 Å². The van der Waals surface area contributed by atoms with E-state index in [-0.39, 0.29) is 17.3 Å². The molecule has 1 N–H and O–H groups in total. The first-order chi connectivity index (χ1) is 19.1. The van der Waals surface area contributed by atoms with Crippen molar-refractivity contribution in [2.45, 2.75) is 77.9 Å². The number of aryl methyl sites for hydroxylation is 3. The molecule has 7 nitrogen and oxygen atoms in total. The van der Waals surface area contributed by atoms with E-state index in [1.54, 1.807) is 37.3 Å². The van der Waals surface area contributed by atoms with Gasteiger partial charge in [-0.1, -0.05) is 66.0 Å². The van der Waals surface area contributed by atoms with E-state index < -0.39 is 34.1 Å². The van der Waals surface area contributed by atoms with Crippen LogP contribution in [0.5, 0.6) is 0 Å². The summed E-state index contributed by atoms with van der Waals surface area (Å²) >= 11 is 6.19. The molecule has 9 heteroatoms. The number of carbonyl (C=O) groups is 2. The Bertz CT molecular complexity index is 1500. The lowest BCUT2D eigenvalue weighted by atomic mass is 10.0. The van der Waals surface area contributed by atoms with Gasteiger partial charge in [-0.15, -0.1) is 0 Å². The number of amides is 2. The summed E-state index contributed by atoms with van der Waals surface area (Å²) in [6.07, 6.45) is 0.351. The molecule has 3 aromatic carbocycles. The zero-order chi connectivity index (χ0) is 30.5. The molecule has 0 saturated heterocycles. The van der Waals surface area contributed by atoms with Crippen molar-refractivity contribution in [3.05, 3.63) is 94.0 Å². The number of nitrogens with zero attached hydrogens (tertiary/aromatic N) is 2. The molecule has 0 fully saturated rings. The molecule has 0 aromatic heterocycles. The van der Waals surface area contributed by atoms with E-state index in [0.717, 1.165) is 21.0 Å². The average molecular weight is 598 g/mol. The van der Waals surface area contributed by atoms with E-state index in [0.29, 0.717) is 22.7 Å². The third-order valence-corrected chi connectivity index (χ3v) is 8.64. The molecule has 0 aliphatic carbocycles. The van der Waals surface area contributed by atoms with Crippen molar-refractivity contribution in [3.63, 3.8) is 0 Å². The summed E-state index contributed by atoms with van der Waals surface area (Å²) in [5.41, 5.74) is 3.20. The van der Waals surface area contributed by atoms with E-state index >= 15 is 0 Å². The first-order valence-corrected chi connectivity index (χ1v) is 15.5. The molecule has 0 unspecified atom stereocenters. The highest BCUT2D eigenvalue weighted by Crippen LogP contribution is 2.30. The number of sulfonamides is 1. The van der Waals surface area contributed by atoms with Crippen LogP contribution in [-0.2, 0) is 26.2 Å². The molecule has 0 aliphatic heterocycles. The number of benzene rings is 3. The van der Waals surface area contributed by atoms with Gasteiger partial charge in [-0.05, 0) is 89.4 Å². The Labute approximate surface area is 249 Å². The van der Waals surface area contributed by atoms with Gasteiger partial charge in [0.25, 0.3) is 10.0 Å². The highest BCUT2D eigenvalue weighted by Gasteiger charge is 2.35. The number of carbonyl (C=O) groups excluding carboxylic acids is 2. The predicted octanol–water partition coefficient (Wildman–Crippen LogP) is 6.18. The molecule has 0 radical (unpaired) electrons. The third kappa shape index (κ3) is 8.33. The Morgan fingerprint density at radius 3 is 2.15 bits per heavy atom. The fraction of sp³-hybridized carbons (Fsp3) is 0.375. The zero-order valence-corrected chi connectivity index (χ0v) is 26.4. The molecule has 41 heavy (non-hydrogen) atoms. The minimum Gasteiger partial charge on any atom is -0.350 e. The molecular weight excluding hydrogens is 558 g/mol. The van der Waals surface area contributed by atoms with Crippen LogP contribution in [0.15, 0.2) is 71.6 Å². The first-order valence-electron chi connectivity index (χ1n) is 13.6. The molecule has 2 amide bonds. The Hall–Kier alpha value is -3.36. The number of halogens is 1. The normalized spacial score (nSPS) is 12.5. The minimum atomic E-state index is -4.15. The van der Waals surface area contributed by atoms with E-state index in [4.69, 9.17) is 11.6 Å². The number of hydrogen-bond acceptors (Lipinski definition) is 4. The average Bonchev–Trinajstić information content (AvgIpc) is 2.86. The second kappa shape index (κ2) is 13.1. The molecule has 0 heterocycles. The standard InChI is InChI=1S/C32H40ClN3O4S/c1-8-28(31(38)34-32(5,6)7)35(20-25-11-9-10-23(3)18-25)30(37)21-36(29-17-14-26(33)19-24(29)4)41(39,40)27-15-12-22(2)13-16-27/h9-19,28H,8,20-21H2,1-7H3,(H,34,38)/t28-/m1/s1. The molecule has 3 aromatic rings. The molecule has 0 bridgehead atoms. The highest BCUT2D eigenvalue weighted by atomic mass is 35.5. The smallest absolute Gasteiger partial charge is 0.264 e. The van der Waals surface area contributed by atoms with E-state index in [2.05, 4.69) is 5.32 Å². The van der Waals surface area contributed by atoms with Gasteiger partial charge in [-0.3, -0.25) is 13.9 Å². The summed E-state index contributed by atoms with van der Waals surface area (Å²) in [6, 6.07) is 18.3. The zero-order valence-electron chi connectivity index (χ0n) is 24.9. The maximum Gasteiger partial charge on any atom is 0.264 e. The van der Waals surface area contributed by atoms with Crippen molar-refractivity contribution in [1.82, 2.24) is 10.2 Å². The lowest BCUT2D eigenvalue weighted by Crippen LogP contribution is -2.55. The van der Waals surface area contributed by atoms with Gasteiger partial charge in [-0.2, -0.15) is 0 Å². The Balaban J connectivity index is 2.11. The summed E-state index contributed by atoms with van der Waals surface area (Å²) in [4.78, 5) is 29.2. The maximum absolute atomic E-state index is 14.2. The van der Waals surface area contributed by atoms with Gasteiger partial charge in [0.05, 0.1) is 10.6 Å². The second-order valence-electron chi connectivity index (χ2n) is 11.4. The van der Waals surface area contributed by atoms with Crippen LogP contribution in [0, 0.1) is 20.8 Å². The van der Waals surface area contributed by atoms with Crippen LogP contribution < -0.4 is 9.62 Å². The topological polar surface area (TPSA) is 86.8 Å². The van der Waals surface area contributed by atoms with Crippen molar-refractivity contribution in [2.75, 3.05) is 10.8 Å². The molecule has 0 spiro atoms. The lowest BCUT2D eigenvalue weighted by molar-refractivity contribution is -0.141. The number of rotatable bonds is 10. The van der Waals surface area contributed by atoms with Crippen LogP contribution in [0.3, 0.4) is 0 Å². The largest absolute Gasteiger partial charge is 0.350 e. The fourth-order valence-corrected chi connectivity index (χ4v) is 6.33. The molecule has 3 rings (SSSR count). The molecule has 220 valence electrons. The highest BCUT2D eigenvalue weighted by molar-refractivity contribution is 7.92. The van der Waals surface area contributed by atoms with E-state index in [1.807, 2.05) is 65.8 Å². The summed E-state index contributed by atoms with van der Waals surface area (Å²) in [5, 5.41) is 3.44. The molecule has 1 atom stereocenters. The van der Waals surface area contributed by atoms with Crippen LogP contribution in [0.4, 0.5) is 5.69 Å². The van der Waals surface area contributed by atoms with Crippen molar-refractivity contribution in [1.29, 1.82) is 0 Å². The van der Waals surface area contributed by atoms with Crippen LogP contribution in [0.25, 0.3) is 0 Å². The lowest BCUT2D eigenvalue weighted by Gasteiger charge is -2.35. The van der Waals surface area contributed by atoms with E-state index in [1.165, 1.54) is 17.0 Å². The second-order valence-corrected chi connectivity index (χ2v) is 13.7. The van der Waals surface area contributed by atoms with Gasteiger partial charge in [0.15, 0.2) is 0 Å². The maximum atomic E-state index is 14.2. The van der Waals surface area contributed by atoms with Gasteiger partial charge in [0.1, 0.15) is 12.6 Å². The molecule has 0 saturated carbocycles. The SMILES string of the molecule is CC[C@H](C(=O)NC(C)(C)C)N(Cc1cccc(C)c1)C(=O)CN(c1ccc(Cl)cc1C)S(=O)(=O)c1ccc(C)cc1. The van der Waals surface area contributed by atoms with Gasteiger partial charge >= 0.3 is 0 Å². The van der Waals surface area contributed by atoms with Crippen LogP contribution >= 0.6 is 11.6 Å². The number of hydrogen-bond donors (Lipinski definition) is 1. The van der Waals surface area contributed by atoms with Crippen LogP contribution in [0.1, 0.15) is 56.4 Å². The quantitative estimate of drug-likeness (QED) is 0.302. The van der Waals surface area contributed by atoms with Gasteiger partial charge in [0.2, 0.25) is 11.8 Å². The van der Waals surface area contributed by atoms with Gasteiger partial charge < -0.3 is 10.2 Å². The Morgan fingerprint density at radius 1 is 0.927 bits per heavy atom. The molecule has 0 aliphatic rings. The first kappa shape index (κ1) is 32.2. The van der Waals surface area contributed by atoms with Crippen molar-refractivity contribution >= 4 is 39.1 Å². The number of nitrogens with one attached hydrogen (secondary N) is 1. The van der Waals surface area contributed by atoms with Gasteiger partial charge in [0, 0.05) is 17.1 Å². The van der Waals surface area contributed by atoms with Crippen LogP contribution in [0.2, 0.25) is 5.02 Å². The fourth-order valence-electron chi connectivity index (χ4n) is 4.63. The predicted molar refractivity (Wildman–Crippen MR) is 166 cm³/mol. The molecular formula is C32H40ClN3O4S. The van der Waals surface area contributed by atoms with Crippen molar-refractivity contribution < 1.29 is 18.0 Å². The Morgan fingerprint density at radius 2 is 1.59 bits per heavy atom. The van der Waals surface area contributed by atoms with Gasteiger partial charge in [-0.25, -0.2) is 8.42 Å².